The fourth-order valence-corrected chi connectivity index (χ4v) is 2.59. The van der Waals surface area contributed by atoms with E-state index in [0.29, 0.717) is 10.6 Å². The van der Waals surface area contributed by atoms with Crippen molar-refractivity contribution in [2.45, 2.75) is 13.1 Å². The number of benzene rings is 2. The fourth-order valence-electron chi connectivity index (χ4n) is 2.59. The second-order valence-electron chi connectivity index (χ2n) is 5.85. The van der Waals surface area contributed by atoms with Crippen LogP contribution in [-0.4, -0.2) is 15.9 Å². The minimum Gasteiger partial charge on any atom is -0.273 e. The van der Waals surface area contributed by atoms with Gasteiger partial charge in [-0.1, -0.05) is 30.3 Å². The maximum atomic E-state index is 13.4. The molecule has 0 radical (unpaired) electrons. The van der Waals surface area contributed by atoms with Gasteiger partial charge in [0.25, 0.3) is 0 Å². The first-order valence-corrected chi connectivity index (χ1v) is 8.04. The molecule has 0 fully saturated rings. The molecule has 0 spiro atoms. The molecular formula is C19H14F4N4O. The van der Waals surface area contributed by atoms with Crippen LogP contribution in [0.25, 0.3) is 22.4 Å². The molecule has 2 N–H and O–H groups in total. The number of aromatic nitrogens is 2. The molecule has 1 heterocycles. The number of alkyl halides is 3. The van der Waals surface area contributed by atoms with Gasteiger partial charge in [0.05, 0.1) is 11.3 Å². The van der Waals surface area contributed by atoms with Crippen molar-refractivity contribution in [1.82, 2.24) is 9.97 Å². The first-order valence-electron chi connectivity index (χ1n) is 8.04. The lowest BCUT2D eigenvalue weighted by atomic mass is 9.99. The quantitative estimate of drug-likeness (QED) is 0.315. The average Bonchev–Trinajstić information content (AvgIpc) is 2.67. The second kappa shape index (κ2) is 7.35. The van der Waals surface area contributed by atoms with Crippen LogP contribution in [0.1, 0.15) is 12.7 Å². The van der Waals surface area contributed by atoms with Crippen LogP contribution in [0.5, 0.6) is 0 Å². The number of carbonyl (C=O) groups is 1. The van der Waals surface area contributed by atoms with Gasteiger partial charge in [-0.3, -0.25) is 4.79 Å². The van der Waals surface area contributed by atoms with Crippen LogP contribution in [0.15, 0.2) is 54.6 Å². The van der Waals surface area contributed by atoms with Gasteiger partial charge in [0, 0.05) is 12.5 Å². The Balaban J connectivity index is 2.41. The number of nitrogens with two attached hydrogens (primary N) is 1. The molecule has 3 rings (SSSR count). The molecular weight excluding hydrogens is 376 g/mol. The molecule has 9 heteroatoms. The third kappa shape index (κ3) is 3.84. The topological polar surface area (TPSA) is 72.1 Å². The van der Waals surface area contributed by atoms with Crippen molar-refractivity contribution in [3.05, 3.63) is 66.2 Å². The first-order chi connectivity index (χ1) is 13.2. The van der Waals surface area contributed by atoms with Crippen molar-refractivity contribution >= 4 is 11.7 Å². The predicted octanol–water partition coefficient (Wildman–Crippen LogP) is 4.20. The molecule has 0 atom stereocenters. The van der Waals surface area contributed by atoms with Gasteiger partial charge in [-0.25, -0.2) is 25.2 Å². The molecule has 0 unspecified atom stereocenters. The van der Waals surface area contributed by atoms with E-state index < -0.39 is 29.5 Å². The van der Waals surface area contributed by atoms with E-state index in [0.717, 1.165) is 19.1 Å². The summed E-state index contributed by atoms with van der Waals surface area (Å²) in [4.78, 5) is 19.0. The van der Waals surface area contributed by atoms with Crippen LogP contribution < -0.4 is 10.9 Å². The summed E-state index contributed by atoms with van der Waals surface area (Å²) in [6.07, 6.45) is -4.88. The molecule has 144 valence electrons. The highest BCUT2D eigenvalue weighted by Gasteiger charge is 2.37. The van der Waals surface area contributed by atoms with Gasteiger partial charge >= 0.3 is 6.18 Å². The zero-order valence-corrected chi connectivity index (χ0v) is 14.5. The molecule has 1 aromatic heterocycles. The number of nitrogens with zero attached hydrogens (tertiary/aromatic N) is 3. The average molecular weight is 390 g/mol. The summed E-state index contributed by atoms with van der Waals surface area (Å²) in [6, 6.07) is 13.1. The van der Waals surface area contributed by atoms with Crippen LogP contribution in [0.2, 0.25) is 0 Å². The highest BCUT2D eigenvalue weighted by molar-refractivity contribution is 5.97. The van der Waals surface area contributed by atoms with Crippen LogP contribution in [-0.2, 0) is 11.0 Å². The van der Waals surface area contributed by atoms with Crippen molar-refractivity contribution in [3.63, 3.8) is 0 Å². The number of anilines is 1. The second-order valence-corrected chi connectivity index (χ2v) is 5.85. The zero-order valence-electron chi connectivity index (χ0n) is 14.5. The number of hydrogen-bond acceptors (Lipinski definition) is 4. The highest BCUT2D eigenvalue weighted by atomic mass is 19.4. The Morgan fingerprint density at radius 3 is 2.11 bits per heavy atom. The Bertz CT molecular complexity index is 1000. The van der Waals surface area contributed by atoms with Gasteiger partial charge in [-0.05, 0) is 29.8 Å². The van der Waals surface area contributed by atoms with E-state index in [1.807, 2.05) is 0 Å². The van der Waals surface area contributed by atoms with Crippen molar-refractivity contribution in [2.75, 3.05) is 5.01 Å². The van der Waals surface area contributed by atoms with E-state index in [9.17, 15) is 22.4 Å². The molecule has 2 aromatic carbocycles. The lowest BCUT2D eigenvalue weighted by Gasteiger charge is -2.21. The van der Waals surface area contributed by atoms with Crippen molar-refractivity contribution in [1.29, 1.82) is 0 Å². The van der Waals surface area contributed by atoms with Crippen molar-refractivity contribution in [3.8, 4) is 22.4 Å². The minimum atomic E-state index is -4.88. The molecule has 28 heavy (non-hydrogen) atoms. The lowest BCUT2D eigenvalue weighted by molar-refractivity contribution is -0.144. The Morgan fingerprint density at radius 2 is 1.57 bits per heavy atom. The highest BCUT2D eigenvalue weighted by Crippen LogP contribution is 2.39. The normalized spacial score (nSPS) is 11.4. The number of amides is 1. The molecule has 0 aliphatic rings. The van der Waals surface area contributed by atoms with Crippen LogP contribution in [0.3, 0.4) is 0 Å². The van der Waals surface area contributed by atoms with Crippen LogP contribution >= 0.6 is 0 Å². The number of rotatable bonds is 3. The van der Waals surface area contributed by atoms with Gasteiger partial charge in [0.2, 0.25) is 11.7 Å². The van der Waals surface area contributed by atoms with E-state index in [1.165, 1.54) is 12.1 Å². The third-order valence-electron chi connectivity index (χ3n) is 3.89. The predicted molar refractivity (Wildman–Crippen MR) is 95.2 cm³/mol. The summed E-state index contributed by atoms with van der Waals surface area (Å²) in [7, 11) is 0. The smallest absolute Gasteiger partial charge is 0.273 e. The van der Waals surface area contributed by atoms with Crippen molar-refractivity contribution in [2.24, 2.45) is 5.84 Å². The fraction of sp³-hybridized carbons (Fsp3) is 0.105. The summed E-state index contributed by atoms with van der Waals surface area (Å²) in [5, 5.41) is 0.534. The molecule has 0 aliphatic carbocycles. The molecule has 0 aliphatic heterocycles. The molecule has 1 amide bonds. The van der Waals surface area contributed by atoms with E-state index in [1.54, 1.807) is 30.3 Å². The van der Waals surface area contributed by atoms with Gasteiger partial charge in [-0.15, -0.1) is 0 Å². The Kier molecular flexibility index (Phi) is 5.10. The van der Waals surface area contributed by atoms with Crippen LogP contribution in [0, 0.1) is 5.82 Å². The Labute approximate surface area is 157 Å². The Morgan fingerprint density at radius 1 is 0.964 bits per heavy atom. The lowest BCUT2D eigenvalue weighted by Crippen LogP contribution is -2.37. The SMILES string of the molecule is CC(=O)N(N)c1nc(C(F)(F)F)nc(-c2ccc(F)cc2)c1-c1ccccc1. The number of halogens is 4. The Hall–Kier alpha value is -3.33. The van der Waals surface area contributed by atoms with Gasteiger partial charge < -0.3 is 0 Å². The van der Waals surface area contributed by atoms with E-state index in [-0.39, 0.29) is 16.8 Å². The van der Waals surface area contributed by atoms with Gasteiger partial charge in [0.15, 0.2) is 5.82 Å². The molecule has 3 aromatic rings. The summed E-state index contributed by atoms with van der Waals surface area (Å²) < 4.78 is 53.5. The van der Waals surface area contributed by atoms with Gasteiger partial charge in [-0.2, -0.15) is 13.2 Å². The first kappa shape index (κ1) is 19.4. The summed E-state index contributed by atoms with van der Waals surface area (Å²) in [5.41, 5.74) is 0.659. The number of hydrogen-bond donors (Lipinski definition) is 1. The standard InChI is InChI=1S/C19H14F4N4O/c1-11(28)27(24)17-15(12-5-3-2-4-6-12)16(13-7-9-14(20)10-8-13)25-18(26-17)19(21,22)23/h2-10H,24H2,1H3. The summed E-state index contributed by atoms with van der Waals surface area (Å²) >= 11 is 0. The minimum absolute atomic E-state index is 0.123. The van der Waals surface area contributed by atoms with Gasteiger partial charge in [0.1, 0.15) is 5.82 Å². The summed E-state index contributed by atoms with van der Waals surface area (Å²) in [5.74, 6) is 2.59. The maximum Gasteiger partial charge on any atom is 0.451 e. The zero-order chi connectivity index (χ0) is 20.5. The molecule has 0 bridgehead atoms. The van der Waals surface area contributed by atoms with Crippen LogP contribution in [0.4, 0.5) is 23.4 Å². The van der Waals surface area contributed by atoms with E-state index in [2.05, 4.69) is 9.97 Å². The number of carbonyl (C=O) groups excluding carboxylic acids is 1. The number of hydrazine groups is 1. The molecule has 0 saturated carbocycles. The summed E-state index contributed by atoms with van der Waals surface area (Å²) in [6.45, 7) is 1.10. The van der Waals surface area contributed by atoms with E-state index >= 15 is 0 Å². The largest absolute Gasteiger partial charge is 0.451 e. The van der Waals surface area contributed by atoms with Crippen molar-refractivity contribution < 1.29 is 22.4 Å². The molecule has 5 nitrogen and oxygen atoms in total. The van der Waals surface area contributed by atoms with E-state index in [4.69, 9.17) is 5.84 Å². The molecule has 0 saturated heterocycles. The third-order valence-corrected chi connectivity index (χ3v) is 3.89. The monoisotopic (exact) mass is 390 g/mol. The maximum absolute atomic E-state index is 13.4.